The van der Waals surface area contributed by atoms with E-state index in [1.54, 1.807) is 18.4 Å². The van der Waals surface area contributed by atoms with Crippen molar-refractivity contribution in [3.8, 4) is 5.75 Å². The van der Waals surface area contributed by atoms with E-state index in [4.69, 9.17) is 10.5 Å². The number of methoxy groups -OCH3 is 1. The molecule has 1 heterocycles. The second kappa shape index (κ2) is 6.58. The molecule has 0 radical (unpaired) electrons. The lowest BCUT2D eigenvalue weighted by molar-refractivity contribution is 0.415. The topological polar surface area (TPSA) is 59.6 Å². The van der Waals surface area contributed by atoms with Gasteiger partial charge in [0, 0.05) is 10.6 Å². The van der Waals surface area contributed by atoms with Crippen molar-refractivity contribution in [3.05, 3.63) is 45.1 Å². The Balaban J connectivity index is 1.93. The van der Waals surface area contributed by atoms with Crippen molar-refractivity contribution in [2.75, 3.05) is 12.4 Å². The Morgan fingerprint density at radius 1 is 1.32 bits per heavy atom. The average molecular weight is 340 g/mol. The lowest BCUT2D eigenvalue weighted by Gasteiger charge is -2.06. The van der Waals surface area contributed by atoms with E-state index in [1.807, 2.05) is 36.4 Å². The summed E-state index contributed by atoms with van der Waals surface area (Å²) in [6, 6.07) is 11.5. The summed E-state index contributed by atoms with van der Waals surface area (Å²) in [6.45, 7) is 0.575. The zero-order chi connectivity index (χ0) is 13.7. The van der Waals surface area contributed by atoms with E-state index in [2.05, 4.69) is 26.2 Å². The van der Waals surface area contributed by atoms with Crippen LogP contribution in [0, 0.1) is 0 Å². The number of hydrogen-bond acceptors (Lipinski definition) is 3. The molecule has 0 aliphatic heterocycles. The monoisotopic (exact) mass is 339 g/mol. The smallest absolute Gasteiger partial charge is 0.193 e. The molecule has 0 atom stereocenters. The van der Waals surface area contributed by atoms with Crippen molar-refractivity contribution >= 4 is 38.9 Å². The van der Waals surface area contributed by atoms with Crippen LogP contribution in [0.2, 0.25) is 0 Å². The summed E-state index contributed by atoms with van der Waals surface area (Å²) in [5, 5.41) is 3.04. The number of rotatable bonds is 4. The molecule has 100 valence electrons. The number of nitrogens with two attached hydrogens (primary N) is 1. The van der Waals surface area contributed by atoms with Gasteiger partial charge in [-0.2, -0.15) is 0 Å². The minimum atomic E-state index is 0.398. The van der Waals surface area contributed by atoms with Crippen LogP contribution in [-0.4, -0.2) is 13.1 Å². The summed E-state index contributed by atoms with van der Waals surface area (Å²) in [7, 11) is 1.64. The highest BCUT2D eigenvalue weighted by molar-refractivity contribution is 9.11. The maximum atomic E-state index is 5.83. The van der Waals surface area contributed by atoms with Crippen LogP contribution in [0.1, 0.15) is 4.88 Å². The van der Waals surface area contributed by atoms with Crippen LogP contribution in [0.5, 0.6) is 5.75 Å². The average Bonchev–Trinajstić information content (AvgIpc) is 2.83. The number of ether oxygens (including phenoxy) is 1. The van der Waals surface area contributed by atoms with Gasteiger partial charge < -0.3 is 15.8 Å². The minimum Gasteiger partial charge on any atom is -0.497 e. The van der Waals surface area contributed by atoms with Crippen LogP contribution >= 0.6 is 27.3 Å². The fraction of sp³-hybridized carbons (Fsp3) is 0.154. The van der Waals surface area contributed by atoms with Gasteiger partial charge in [0.05, 0.1) is 17.4 Å². The molecule has 0 aliphatic rings. The third-order valence-corrected chi connectivity index (χ3v) is 4.00. The second-order valence-corrected chi connectivity index (χ2v) is 6.31. The summed E-state index contributed by atoms with van der Waals surface area (Å²) < 4.78 is 6.19. The molecule has 0 amide bonds. The number of thiophene rings is 1. The maximum absolute atomic E-state index is 5.83. The Bertz CT molecular complexity index is 566. The van der Waals surface area contributed by atoms with E-state index in [-0.39, 0.29) is 0 Å². The first-order chi connectivity index (χ1) is 9.17. The predicted molar refractivity (Wildman–Crippen MR) is 84.0 cm³/mol. The summed E-state index contributed by atoms with van der Waals surface area (Å²) in [4.78, 5) is 5.45. The number of aliphatic imine (C=N–C) groups is 1. The summed E-state index contributed by atoms with van der Waals surface area (Å²) in [5.74, 6) is 1.21. The molecule has 0 saturated carbocycles. The van der Waals surface area contributed by atoms with E-state index in [0.717, 1.165) is 20.1 Å². The molecule has 0 fully saturated rings. The van der Waals surface area contributed by atoms with E-state index < -0.39 is 0 Å². The molecule has 0 spiro atoms. The molecule has 0 aliphatic carbocycles. The van der Waals surface area contributed by atoms with Crippen molar-refractivity contribution in [2.45, 2.75) is 6.54 Å². The second-order valence-electron chi connectivity index (χ2n) is 3.76. The van der Waals surface area contributed by atoms with Crippen LogP contribution in [0.25, 0.3) is 0 Å². The van der Waals surface area contributed by atoms with Gasteiger partial charge in [-0.05, 0) is 52.3 Å². The van der Waals surface area contributed by atoms with Crippen LogP contribution in [0.4, 0.5) is 5.69 Å². The van der Waals surface area contributed by atoms with Crippen molar-refractivity contribution < 1.29 is 4.74 Å². The van der Waals surface area contributed by atoms with Gasteiger partial charge in [-0.3, -0.25) is 0 Å². The molecule has 3 N–H and O–H groups in total. The van der Waals surface area contributed by atoms with Crippen molar-refractivity contribution in [1.82, 2.24) is 0 Å². The highest BCUT2D eigenvalue weighted by Gasteiger charge is 1.98. The molecule has 1 aromatic heterocycles. The lowest BCUT2D eigenvalue weighted by atomic mass is 10.3. The maximum Gasteiger partial charge on any atom is 0.193 e. The van der Waals surface area contributed by atoms with Crippen LogP contribution in [-0.2, 0) is 6.54 Å². The normalized spacial score (nSPS) is 11.4. The van der Waals surface area contributed by atoms with Crippen molar-refractivity contribution in [1.29, 1.82) is 0 Å². The Labute approximate surface area is 124 Å². The van der Waals surface area contributed by atoms with Crippen LogP contribution < -0.4 is 15.8 Å². The molecule has 1 aromatic carbocycles. The largest absolute Gasteiger partial charge is 0.497 e. The van der Waals surface area contributed by atoms with Gasteiger partial charge in [-0.25, -0.2) is 4.99 Å². The van der Waals surface area contributed by atoms with Gasteiger partial charge in [0.15, 0.2) is 5.96 Å². The summed E-state index contributed by atoms with van der Waals surface area (Å²) in [6.07, 6.45) is 0. The Morgan fingerprint density at radius 2 is 2.05 bits per heavy atom. The van der Waals surface area contributed by atoms with Gasteiger partial charge in [0.2, 0.25) is 0 Å². The number of halogens is 1. The van der Waals surface area contributed by atoms with E-state index in [1.165, 1.54) is 0 Å². The molecular formula is C13H14BrN3OS. The fourth-order valence-corrected chi connectivity index (χ4v) is 2.87. The molecule has 0 unspecified atom stereocenters. The van der Waals surface area contributed by atoms with Gasteiger partial charge in [-0.1, -0.05) is 0 Å². The first-order valence-corrected chi connectivity index (χ1v) is 7.23. The van der Waals surface area contributed by atoms with Crippen molar-refractivity contribution in [3.63, 3.8) is 0 Å². The lowest BCUT2D eigenvalue weighted by Crippen LogP contribution is -2.22. The molecule has 0 saturated heterocycles. The van der Waals surface area contributed by atoms with Gasteiger partial charge in [-0.15, -0.1) is 11.3 Å². The van der Waals surface area contributed by atoms with Crippen LogP contribution in [0.15, 0.2) is 45.2 Å². The number of benzene rings is 1. The number of nitrogens with zero attached hydrogens (tertiary/aromatic N) is 1. The fourth-order valence-electron chi connectivity index (χ4n) is 1.46. The SMILES string of the molecule is COc1ccc(NC(N)=NCc2ccc(Br)s2)cc1. The highest BCUT2D eigenvalue weighted by atomic mass is 79.9. The third kappa shape index (κ3) is 4.25. The molecule has 0 bridgehead atoms. The quantitative estimate of drug-likeness (QED) is 0.662. The highest BCUT2D eigenvalue weighted by Crippen LogP contribution is 2.22. The molecule has 6 heteroatoms. The molecule has 19 heavy (non-hydrogen) atoms. The molecular weight excluding hydrogens is 326 g/mol. The van der Waals surface area contributed by atoms with Gasteiger partial charge >= 0.3 is 0 Å². The number of nitrogens with one attached hydrogen (secondary N) is 1. The van der Waals surface area contributed by atoms with E-state index >= 15 is 0 Å². The van der Waals surface area contributed by atoms with Crippen molar-refractivity contribution in [2.24, 2.45) is 10.7 Å². The van der Waals surface area contributed by atoms with E-state index in [9.17, 15) is 0 Å². The van der Waals surface area contributed by atoms with Gasteiger partial charge in [0.25, 0.3) is 0 Å². The molecule has 2 aromatic rings. The molecule has 4 nitrogen and oxygen atoms in total. The first kappa shape index (κ1) is 13.9. The number of guanidine groups is 1. The van der Waals surface area contributed by atoms with E-state index in [0.29, 0.717) is 12.5 Å². The summed E-state index contributed by atoms with van der Waals surface area (Å²) in [5.41, 5.74) is 6.72. The first-order valence-electron chi connectivity index (χ1n) is 5.62. The zero-order valence-electron chi connectivity index (χ0n) is 10.4. The Morgan fingerprint density at radius 3 is 2.63 bits per heavy atom. The Kier molecular flexibility index (Phi) is 4.81. The predicted octanol–water partition coefficient (Wildman–Crippen LogP) is 3.45. The third-order valence-electron chi connectivity index (χ3n) is 2.40. The minimum absolute atomic E-state index is 0.398. The summed E-state index contributed by atoms with van der Waals surface area (Å²) >= 11 is 5.07. The standard InChI is InChI=1S/C13H14BrN3OS/c1-18-10-4-2-9(3-5-10)17-13(15)16-8-11-6-7-12(14)19-11/h2-7H,8H2,1H3,(H3,15,16,17). The zero-order valence-corrected chi connectivity index (χ0v) is 12.8. The number of hydrogen-bond donors (Lipinski definition) is 2. The molecule has 2 rings (SSSR count). The van der Waals surface area contributed by atoms with Crippen LogP contribution in [0.3, 0.4) is 0 Å². The van der Waals surface area contributed by atoms with Gasteiger partial charge in [0.1, 0.15) is 5.75 Å². The Hall–Kier alpha value is -1.53. The number of anilines is 1.